The Kier molecular flexibility index (Phi) is 11.0. The zero-order chi connectivity index (χ0) is 15.5. The van der Waals surface area contributed by atoms with E-state index in [0.717, 1.165) is 45.0 Å². The molecule has 5 nitrogen and oxygen atoms in total. The van der Waals surface area contributed by atoms with Crippen LogP contribution in [-0.4, -0.2) is 44.9 Å². The minimum absolute atomic E-state index is 0. The van der Waals surface area contributed by atoms with Crippen LogP contribution in [0.3, 0.4) is 0 Å². The van der Waals surface area contributed by atoms with Crippen LogP contribution >= 0.6 is 24.0 Å². The number of nitrogens with zero attached hydrogens (tertiary/aromatic N) is 1. The number of rotatable bonds is 8. The van der Waals surface area contributed by atoms with E-state index in [1.807, 2.05) is 18.2 Å². The molecule has 1 aliphatic heterocycles. The molecule has 1 heterocycles. The van der Waals surface area contributed by atoms with E-state index in [2.05, 4.69) is 34.7 Å². The first kappa shape index (κ1) is 20.2. The highest BCUT2D eigenvalue weighted by atomic mass is 127. The molecule has 1 fully saturated rings. The molecule has 0 amide bonds. The van der Waals surface area contributed by atoms with Crippen LogP contribution in [-0.2, 0) is 16.1 Å². The molecule has 2 N–H and O–H groups in total. The van der Waals surface area contributed by atoms with Crippen molar-refractivity contribution in [3.8, 4) is 0 Å². The van der Waals surface area contributed by atoms with Crippen LogP contribution in [0.5, 0.6) is 0 Å². The van der Waals surface area contributed by atoms with E-state index in [9.17, 15) is 0 Å². The first-order valence-corrected chi connectivity index (χ1v) is 8.14. The standard InChI is InChI=1S/C17H27N3O2.HI/c1-2-18-17(20-13-16-9-6-11-22-16)19-10-12-21-14-15-7-4-3-5-8-15;/h3-5,7-8,16H,2,6,9-14H2,1H3,(H2,18,19,20);1H. The quantitative estimate of drug-likeness (QED) is 0.287. The maximum Gasteiger partial charge on any atom is 0.191 e. The van der Waals surface area contributed by atoms with Crippen molar-refractivity contribution in [3.63, 3.8) is 0 Å². The predicted octanol–water partition coefficient (Wildman–Crippen LogP) is 2.56. The molecule has 1 aromatic rings. The van der Waals surface area contributed by atoms with Crippen molar-refractivity contribution < 1.29 is 9.47 Å². The minimum Gasteiger partial charge on any atom is -0.376 e. The number of halogens is 1. The van der Waals surface area contributed by atoms with Crippen LogP contribution in [0.15, 0.2) is 35.3 Å². The van der Waals surface area contributed by atoms with Gasteiger partial charge >= 0.3 is 0 Å². The van der Waals surface area contributed by atoms with Gasteiger partial charge in [0.2, 0.25) is 0 Å². The van der Waals surface area contributed by atoms with Gasteiger partial charge in [0.05, 0.1) is 25.9 Å². The van der Waals surface area contributed by atoms with Gasteiger partial charge in [0.25, 0.3) is 0 Å². The average molecular weight is 433 g/mol. The highest BCUT2D eigenvalue weighted by Crippen LogP contribution is 2.11. The molecular weight excluding hydrogens is 405 g/mol. The fraction of sp³-hybridized carbons (Fsp3) is 0.588. The van der Waals surface area contributed by atoms with Crippen LogP contribution in [0.25, 0.3) is 0 Å². The molecule has 0 aromatic heterocycles. The lowest BCUT2D eigenvalue weighted by atomic mass is 10.2. The summed E-state index contributed by atoms with van der Waals surface area (Å²) in [5.74, 6) is 0.835. The van der Waals surface area contributed by atoms with Gasteiger partial charge in [0.1, 0.15) is 0 Å². The van der Waals surface area contributed by atoms with E-state index < -0.39 is 0 Å². The molecular formula is C17H28IN3O2. The van der Waals surface area contributed by atoms with Crippen LogP contribution in [0, 0.1) is 0 Å². The van der Waals surface area contributed by atoms with E-state index in [1.54, 1.807) is 0 Å². The third kappa shape index (κ3) is 8.53. The molecule has 130 valence electrons. The lowest BCUT2D eigenvalue weighted by molar-refractivity contribution is 0.117. The van der Waals surface area contributed by atoms with Crippen molar-refractivity contribution in [2.24, 2.45) is 4.99 Å². The summed E-state index contributed by atoms with van der Waals surface area (Å²) in [6.07, 6.45) is 2.55. The number of ether oxygens (including phenoxy) is 2. The Hall–Kier alpha value is -0.860. The first-order chi connectivity index (χ1) is 10.9. The Morgan fingerprint density at radius 3 is 2.83 bits per heavy atom. The van der Waals surface area contributed by atoms with Gasteiger partial charge < -0.3 is 20.1 Å². The Labute approximate surface area is 156 Å². The third-order valence-corrected chi connectivity index (χ3v) is 3.47. The van der Waals surface area contributed by atoms with Gasteiger partial charge in [0, 0.05) is 19.7 Å². The van der Waals surface area contributed by atoms with Gasteiger partial charge in [-0.05, 0) is 25.3 Å². The fourth-order valence-electron chi connectivity index (χ4n) is 2.33. The lowest BCUT2D eigenvalue weighted by Gasteiger charge is -2.13. The third-order valence-electron chi connectivity index (χ3n) is 3.47. The van der Waals surface area contributed by atoms with Crippen molar-refractivity contribution in [2.75, 3.05) is 32.8 Å². The van der Waals surface area contributed by atoms with Crippen molar-refractivity contribution in [1.29, 1.82) is 0 Å². The molecule has 1 aromatic carbocycles. The summed E-state index contributed by atoms with van der Waals surface area (Å²) in [4.78, 5) is 4.57. The molecule has 0 aliphatic carbocycles. The average Bonchev–Trinajstić information content (AvgIpc) is 3.06. The Morgan fingerprint density at radius 2 is 2.13 bits per heavy atom. The van der Waals surface area contributed by atoms with E-state index in [4.69, 9.17) is 9.47 Å². The second kappa shape index (κ2) is 12.5. The smallest absolute Gasteiger partial charge is 0.191 e. The largest absolute Gasteiger partial charge is 0.376 e. The maximum atomic E-state index is 5.66. The van der Waals surface area contributed by atoms with Crippen molar-refractivity contribution in [3.05, 3.63) is 35.9 Å². The predicted molar refractivity (Wildman–Crippen MR) is 104 cm³/mol. The maximum absolute atomic E-state index is 5.66. The molecule has 2 rings (SSSR count). The van der Waals surface area contributed by atoms with Crippen LogP contribution in [0.4, 0.5) is 0 Å². The van der Waals surface area contributed by atoms with Gasteiger partial charge in [-0.25, -0.2) is 0 Å². The Balaban J connectivity index is 0.00000264. The molecule has 1 aliphatic rings. The second-order valence-electron chi connectivity index (χ2n) is 5.32. The summed E-state index contributed by atoms with van der Waals surface area (Å²) >= 11 is 0. The highest BCUT2D eigenvalue weighted by molar-refractivity contribution is 14.0. The SMILES string of the molecule is CCNC(=NCC1CCCO1)NCCOCc1ccccc1.I. The number of benzene rings is 1. The Bertz CT molecular complexity index is 437. The van der Waals surface area contributed by atoms with Crippen LogP contribution in [0.1, 0.15) is 25.3 Å². The molecule has 1 unspecified atom stereocenters. The summed E-state index contributed by atoms with van der Waals surface area (Å²) in [7, 11) is 0. The monoisotopic (exact) mass is 433 g/mol. The highest BCUT2D eigenvalue weighted by Gasteiger charge is 2.14. The molecule has 1 atom stereocenters. The number of nitrogens with one attached hydrogen (secondary N) is 2. The second-order valence-corrected chi connectivity index (χ2v) is 5.32. The van der Waals surface area contributed by atoms with Gasteiger partial charge in [0.15, 0.2) is 5.96 Å². The van der Waals surface area contributed by atoms with Gasteiger partial charge in [-0.1, -0.05) is 30.3 Å². The van der Waals surface area contributed by atoms with Crippen molar-refractivity contribution >= 4 is 29.9 Å². The zero-order valence-electron chi connectivity index (χ0n) is 13.8. The summed E-state index contributed by atoms with van der Waals surface area (Å²) < 4.78 is 11.2. The summed E-state index contributed by atoms with van der Waals surface area (Å²) in [6, 6.07) is 10.2. The molecule has 0 spiro atoms. The van der Waals surface area contributed by atoms with E-state index in [-0.39, 0.29) is 30.1 Å². The van der Waals surface area contributed by atoms with Gasteiger partial charge in [-0.15, -0.1) is 24.0 Å². The minimum atomic E-state index is 0. The first-order valence-electron chi connectivity index (χ1n) is 8.14. The van der Waals surface area contributed by atoms with E-state index >= 15 is 0 Å². The molecule has 6 heteroatoms. The summed E-state index contributed by atoms with van der Waals surface area (Å²) in [5.41, 5.74) is 1.20. The summed E-state index contributed by atoms with van der Waals surface area (Å²) in [6.45, 7) is 6.55. The lowest BCUT2D eigenvalue weighted by Crippen LogP contribution is -2.39. The molecule has 0 radical (unpaired) electrons. The molecule has 0 saturated carbocycles. The molecule has 0 bridgehead atoms. The topological polar surface area (TPSA) is 54.9 Å². The van der Waals surface area contributed by atoms with E-state index in [0.29, 0.717) is 13.2 Å². The van der Waals surface area contributed by atoms with Crippen LogP contribution < -0.4 is 10.6 Å². The number of hydrogen-bond acceptors (Lipinski definition) is 3. The van der Waals surface area contributed by atoms with E-state index in [1.165, 1.54) is 5.56 Å². The van der Waals surface area contributed by atoms with Gasteiger partial charge in [-0.2, -0.15) is 0 Å². The number of guanidine groups is 1. The normalized spacial score (nSPS) is 17.6. The van der Waals surface area contributed by atoms with Gasteiger partial charge in [-0.3, -0.25) is 4.99 Å². The summed E-state index contributed by atoms with van der Waals surface area (Å²) in [5, 5.41) is 6.53. The number of aliphatic imine (C=N–C) groups is 1. The van der Waals surface area contributed by atoms with Crippen molar-refractivity contribution in [2.45, 2.75) is 32.5 Å². The number of hydrogen-bond donors (Lipinski definition) is 2. The fourth-order valence-corrected chi connectivity index (χ4v) is 2.33. The molecule has 1 saturated heterocycles. The zero-order valence-corrected chi connectivity index (χ0v) is 16.1. The van der Waals surface area contributed by atoms with Crippen molar-refractivity contribution in [1.82, 2.24) is 10.6 Å². The van der Waals surface area contributed by atoms with Crippen LogP contribution in [0.2, 0.25) is 0 Å². The Morgan fingerprint density at radius 1 is 1.30 bits per heavy atom. The molecule has 23 heavy (non-hydrogen) atoms.